The topological polar surface area (TPSA) is 75.4 Å². The molecule has 2 aromatic carbocycles. The van der Waals surface area contributed by atoms with Crippen LogP contribution >= 0.6 is 0 Å². The number of nitrogens with zero attached hydrogens (tertiary/aromatic N) is 2. The van der Waals surface area contributed by atoms with E-state index in [2.05, 4.69) is 10.3 Å². The maximum Gasteiger partial charge on any atom is 0.274 e. The van der Waals surface area contributed by atoms with Gasteiger partial charge in [-0.1, -0.05) is 12.1 Å². The standard InChI is InChI=1S/C21H18FN3O3/c22-16-7-5-15(6-8-16)20-19(24-13-28-20)21(27)23-12-14-3-9-17(10-4-14)25-11-1-2-18(25)26/h3-10,13H,1-2,11-12H2,(H,23,27). The van der Waals surface area contributed by atoms with Crippen LogP contribution < -0.4 is 10.2 Å². The van der Waals surface area contributed by atoms with Crippen molar-refractivity contribution in [1.29, 1.82) is 0 Å². The van der Waals surface area contributed by atoms with E-state index in [9.17, 15) is 14.0 Å². The van der Waals surface area contributed by atoms with Crippen molar-refractivity contribution in [2.45, 2.75) is 19.4 Å². The minimum absolute atomic E-state index is 0.139. The van der Waals surface area contributed by atoms with Crippen LogP contribution in [0.25, 0.3) is 11.3 Å². The molecule has 6 nitrogen and oxygen atoms in total. The minimum Gasteiger partial charge on any atom is -0.443 e. The Morgan fingerprint density at radius 2 is 1.89 bits per heavy atom. The third kappa shape index (κ3) is 3.64. The van der Waals surface area contributed by atoms with Crippen molar-refractivity contribution < 1.29 is 18.4 Å². The van der Waals surface area contributed by atoms with Crippen LogP contribution in [0.4, 0.5) is 10.1 Å². The number of carbonyl (C=O) groups excluding carboxylic acids is 2. The van der Waals surface area contributed by atoms with Crippen LogP contribution in [-0.4, -0.2) is 23.3 Å². The second-order valence-corrected chi connectivity index (χ2v) is 6.54. The zero-order valence-corrected chi connectivity index (χ0v) is 15.0. The number of rotatable bonds is 5. The number of anilines is 1. The first-order valence-corrected chi connectivity index (χ1v) is 8.99. The lowest BCUT2D eigenvalue weighted by atomic mass is 10.1. The third-order valence-corrected chi connectivity index (χ3v) is 4.66. The molecule has 1 N–H and O–H groups in total. The summed E-state index contributed by atoms with van der Waals surface area (Å²) in [6.07, 6.45) is 2.66. The number of oxazole rings is 1. The van der Waals surface area contributed by atoms with Crippen LogP contribution in [0, 0.1) is 5.82 Å². The molecular formula is C21H18FN3O3. The number of carbonyl (C=O) groups is 2. The summed E-state index contributed by atoms with van der Waals surface area (Å²) in [5.74, 6) is -0.319. The van der Waals surface area contributed by atoms with Crippen molar-refractivity contribution in [3.05, 3.63) is 72.0 Å². The normalized spacial score (nSPS) is 13.8. The van der Waals surface area contributed by atoms with Gasteiger partial charge in [0, 0.05) is 30.8 Å². The maximum absolute atomic E-state index is 13.1. The highest BCUT2D eigenvalue weighted by Gasteiger charge is 2.21. The van der Waals surface area contributed by atoms with Crippen LogP contribution in [0.15, 0.2) is 59.3 Å². The fraction of sp³-hybridized carbons (Fsp3) is 0.190. The van der Waals surface area contributed by atoms with Gasteiger partial charge in [-0.3, -0.25) is 9.59 Å². The number of amides is 2. The summed E-state index contributed by atoms with van der Waals surface area (Å²) in [5.41, 5.74) is 2.48. The Kier molecular flexibility index (Phi) is 4.89. The Balaban J connectivity index is 1.42. The zero-order valence-electron chi connectivity index (χ0n) is 15.0. The van der Waals surface area contributed by atoms with Crippen LogP contribution in [0.3, 0.4) is 0 Å². The van der Waals surface area contributed by atoms with Crippen molar-refractivity contribution >= 4 is 17.5 Å². The molecule has 0 atom stereocenters. The number of aromatic nitrogens is 1. The molecule has 1 aliphatic rings. The van der Waals surface area contributed by atoms with Gasteiger partial charge in [0.15, 0.2) is 17.8 Å². The molecule has 2 amide bonds. The van der Waals surface area contributed by atoms with Gasteiger partial charge >= 0.3 is 0 Å². The summed E-state index contributed by atoms with van der Waals surface area (Å²) in [6, 6.07) is 13.2. The molecule has 4 rings (SSSR count). The summed E-state index contributed by atoms with van der Waals surface area (Å²) in [7, 11) is 0. The quantitative estimate of drug-likeness (QED) is 0.736. The molecule has 142 valence electrons. The molecule has 0 unspecified atom stereocenters. The first-order valence-electron chi connectivity index (χ1n) is 8.99. The van der Waals surface area contributed by atoms with Gasteiger partial charge in [-0.05, 0) is 48.4 Å². The fourth-order valence-electron chi connectivity index (χ4n) is 3.19. The Labute approximate surface area is 161 Å². The van der Waals surface area contributed by atoms with Gasteiger partial charge in [-0.15, -0.1) is 0 Å². The number of benzene rings is 2. The van der Waals surface area contributed by atoms with Crippen LogP contribution in [0.5, 0.6) is 0 Å². The predicted molar refractivity (Wildman–Crippen MR) is 101 cm³/mol. The number of halogens is 1. The highest BCUT2D eigenvalue weighted by molar-refractivity contribution is 5.97. The highest BCUT2D eigenvalue weighted by atomic mass is 19.1. The summed E-state index contributed by atoms with van der Waals surface area (Å²) < 4.78 is 18.4. The second kappa shape index (κ2) is 7.64. The van der Waals surface area contributed by atoms with E-state index in [1.165, 1.54) is 30.7 Å². The summed E-state index contributed by atoms with van der Waals surface area (Å²) in [6.45, 7) is 1.05. The first kappa shape index (κ1) is 17.9. The molecule has 0 spiro atoms. The average molecular weight is 379 g/mol. The monoisotopic (exact) mass is 379 g/mol. The molecule has 1 aliphatic heterocycles. The Bertz CT molecular complexity index is 996. The zero-order chi connectivity index (χ0) is 19.5. The van der Waals surface area contributed by atoms with Crippen molar-refractivity contribution in [3.63, 3.8) is 0 Å². The van der Waals surface area contributed by atoms with Gasteiger partial charge in [0.2, 0.25) is 5.91 Å². The van der Waals surface area contributed by atoms with E-state index < -0.39 is 0 Å². The molecular weight excluding hydrogens is 361 g/mol. The van der Waals surface area contributed by atoms with Gasteiger partial charge in [-0.2, -0.15) is 0 Å². The summed E-state index contributed by atoms with van der Waals surface area (Å²) >= 11 is 0. The Hall–Kier alpha value is -3.48. The summed E-state index contributed by atoms with van der Waals surface area (Å²) in [5, 5.41) is 2.80. The second-order valence-electron chi connectivity index (χ2n) is 6.54. The predicted octanol–water partition coefficient (Wildman–Crippen LogP) is 3.54. The number of nitrogens with one attached hydrogen (secondary N) is 1. The number of hydrogen-bond acceptors (Lipinski definition) is 4. The third-order valence-electron chi connectivity index (χ3n) is 4.66. The van der Waals surface area contributed by atoms with E-state index in [-0.39, 0.29) is 23.3 Å². The molecule has 7 heteroatoms. The van der Waals surface area contributed by atoms with E-state index >= 15 is 0 Å². The lowest BCUT2D eigenvalue weighted by Gasteiger charge is -2.16. The molecule has 0 bridgehead atoms. The Morgan fingerprint density at radius 3 is 2.57 bits per heavy atom. The van der Waals surface area contributed by atoms with Crippen LogP contribution in [0.1, 0.15) is 28.9 Å². The molecule has 2 heterocycles. The van der Waals surface area contributed by atoms with Crippen molar-refractivity contribution in [1.82, 2.24) is 10.3 Å². The van der Waals surface area contributed by atoms with E-state index in [1.807, 2.05) is 24.3 Å². The summed E-state index contributed by atoms with van der Waals surface area (Å²) in [4.78, 5) is 30.1. The van der Waals surface area contributed by atoms with Gasteiger partial charge in [-0.25, -0.2) is 9.37 Å². The molecule has 1 saturated heterocycles. The molecule has 28 heavy (non-hydrogen) atoms. The van der Waals surface area contributed by atoms with Gasteiger partial charge in [0.25, 0.3) is 5.91 Å². The smallest absolute Gasteiger partial charge is 0.274 e. The van der Waals surface area contributed by atoms with Gasteiger partial charge in [0.05, 0.1) is 0 Å². The van der Waals surface area contributed by atoms with Crippen LogP contribution in [0.2, 0.25) is 0 Å². The molecule has 0 aliphatic carbocycles. The molecule has 1 fully saturated rings. The van der Waals surface area contributed by atoms with E-state index in [4.69, 9.17) is 4.42 Å². The largest absolute Gasteiger partial charge is 0.443 e. The van der Waals surface area contributed by atoms with Crippen molar-refractivity contribution in [3.8, 4) is 11.3 Å². The molecule has 0 radical (unpaired) electrons. The van der Waals surface area contributed by atoms with E-state index in [0.29, 0.717) is 24.3 Å². The van der Waals surface area contributed by atoms with E-state index in [0.717, 1.165) is 24.2 Å². The van der Waals surface area contributed by atoms with Crippen LogP contribution in [-0.2, 0) is 11.3 Å². The maximum atomic E-state index is 13.1. The molecule has 0 saturated carbocycles. The molecule has 1 aromatic heterocycles. The van der Waals surface area contributed by atoms with Gasteiger partial charge < -0.3 is 14.6 Å². The molecule has 3 aromatic rings. The Morgan fingerprint density at radius 1 is 1.14 bits per heavy atom. The van der Waals surface area contributed by atoms with Crippen molar-refractivity contribution in [2.75, 3.05) is 11.4 Å². The SMILES string of the molecule is O=C(NCc1ccc(N2CCCC2=O)cc1)c1ncoc1-c1ccc(F)cc1. The average Bonchev–Trinajstić information content (AvgIpc) is 3.36. The lowest BCUT2D eigenvalue weighted by molar-refractivity contribution is -0.117. The van der Waals surface area contributed by atoms with Crippen molar-refractivity contribution in [2.24, 2.45) is 0 Å². The van der Waals surface area contributed by atoms with E-state index in [1.54, 1.807) is 4.90 Å². The lowest BCUT2D eigenvalue weighted by Crippen LogP contribution is -2.24. The number of hydrogen-bond donors (Lipinski definition) is 1. The highest BCUT2D eigenvalue weighted by Crippen LogP contribution is 2.24. The fourth-order valence-corrected chi connectivity index (χ4v) is 3.19. The van der Waals surface area contributed by atoms with Gasteiger partial charge in [0.1, 0.15) is 5.82 Å². The first-order chi connectivity index (χ1) is 13.6. The minimum atomic E-state index is -0.383.